The van der Waals surface area contributed by atoms with Crippen LogP contribution in [0.5, 0.6) is 0 Å². The van der Waals surface area contributed by atoms with E-state index >= 15 is 0 Å². The quantitative estimate of drug-likeness (QED) is 0.232. The van der Waals surface area contributed by atoms with Crippen molar-refractivity contribution in [2.75, 3.05) is 22.9 Å². The van der Waals surface area contributed by atoms with Gasteiger partial charge in [0.25, 0.3) is 0 Å². The summed E-state index contributed by atoms with van der Waals surface area (Å²) in [5.41, 5.74) is 3.83. The predicted octanol–water partition coefficient (Wildman–Crippen LogP) is 3.29. The van der Waals surface area contributed by atoms with Crippen molar-refractivity contribution in [2.45, 2.75) is 105 Å². The Labute approximate surface area is 292 Å². The lowest BCUT2D eigenvalue weighted by Crippen LogP contribution is -2.27. The molecule has 8 rings (SSSR count). The van der Waals surface area contributed by atoms with Crippen LogP contribution < -0.4 is 9.80 Å². The van der Waals surface area contributed by atoms with Gasteiger partial charge in [-0.15, -0.1) is 20.4 Å². The molecule has 0 spiro atoms. The molecule has 0 unspecified atom stereocenters. The van der Waals surface area contributed by atoms with Gasteiger partial charge in [-0.2, -0.15) is 19.0 Å². The van der Waals surface area contributed by atoms with E-state index in [1.54, 1.807) is 0 Å². The van der Waals surface area contributed by atoms with Crippen LogP contribution in [-0.4, -0.2) is 93.9 Å². The maximum absolute atomic E-state index is 4.75. The Kier molecular flexibility index (Phi) is 9.18. The molecule has 0 radical (unpaired) electrons. The van der Waals surface area contributed by atoms with E-state index < -0.39 is 0 Å². The number of anilines is 2. The smallest absolute Gasteiger partial charge is 0.245 e. The van der Waals surface area contributed by atoms with Crippen molar-refractivity contribution in [3.63, 3.8) is 0 Å². The highest BCUT2D eigenvalue weighted by Crippen LogP contribution is 2.24. The lowest BCUT2D eigenvalue weighted by atomic mass is 10.2. The molecule has 2 saturated heterocycles. The van der Waals surface area contributed by atoms with Gasteiger partial charge in [0, 0.05) is 88.5 Å². The Bertz CT molecular complexity index is 1890. The van der Waals surface area contributed by atoms with Crippen LogP contribution in [0.4, 0.5) is 11.9 Å². The second-order valence-electron chi connectivity index (χ2n) is 13.8. The average Bonchev–Trinajstić information content (AvgIpc) is 3.94. The third-order valence-electron chi connectivity index (χ3n) is 9.96. The Morgan fingerprint density at radius 2 is 1.00 bits per heavy atom. The minimum absolute atomic E-state index is 0.522. The molecule has 0 bridgehead atoms. The van der Waals surface area contributed by atoms with Crippen LogP contribution in [0, 0.1) is 27.7 Å². The van der Waals surface area contributed by atoms with Gasteiger partial charge in [0.05, 0.1) is 0 Å². The second-order valence-corrected chi connectivity index (χ2v) is 13.8. The Morgan fingerprint density at radius 1 is 0.580 bits per heavy atom. The molecular formula is C34H48N16. The van der Waals surface area contributed by atoms with Crippen LogP contribution in [0.25, 0.3) is 11.3 Å². The third-order valence-corrected chi connectivity index (χ3v) is 9.96. The average molecular weight is 681 g/mol. The van der Waals surface area contributed by atoms with Crippen molar-refractivity contribution in [1.29, 1.82) is 0 Å². The molecule has 0 saturated carbocycles. The van der Waals surface area contributed by atoms with E-state index in [4.69, 9.17) is 9.97 Å². The van der Waals surface area contributed by atoms with E-state index in [1.807, 2.05) is 72.6 Å². The van der Waals surface area contributed by atoms with E-state index in [0.717, 1.165) is 108 Å². The number of nitrogens with zero attached hydrogens (tertiary/aromatic N) is 16. The molecule has 2 aliphatic rings. The summed E-state index contributed by atoms with van der Waals surface area (Å²) in [7, 11) is 3.92. The molecule has 8 heterocycles. The Balaban J connectivity index is 0.000000157. The van der Waals surface area contributed by atoms with E-state index in [1.165, 1.54) is 25.7 Å². The van der Waals surface area contributed by atoms with Gasteiger partial charge in [-0.1, -0.05) is 0 Å². The number of hydrogen-bond donors (Lipinski definition) is 0. The molecule has 50 heavy (non-hydrogen) atoms. The molecule has 6 aromatic heterocycles. The highest BCUT2D eigenvalue weighted by atomic mass is 15.4. The summed E-state index contributed by atoms with van der Waals surface area (Å²) < 4.78 is 7.40. The molecular weight excluding hydrogens is 632 g/mol. The number of aryl methyl sites for hydroxylation is 10. The fraction of sp³-hybridized carbons (Fsp3) is 0.588. The highest BCUT2D eigenvalue weighted by molar-refractivity contribution is 5.46. The standard InChI is InChI=1S/2C17H24N8/c2*1-11-10-18-13(3)25-16(11)19-14(21-25)7-8-15-20-17(22-23(15)4)24-9-5-6-12(24)2/h2*10,12H,5-9H2,1-4H3/t2*12-/m10/s1. The minimum atomic E-state index is 0.522. The molecule has 0 N–H and O–H groups in total. The summed E-state index contributed by atoms with van der Waals surface area (Å²) in [5, 5.41) is 18.4. The summed E-state index contributed by atoms with van der Waals surface area (Å²) in [6.07, 6.45) is 11.6. The van der Waals surface area contributed by atoms with Crippen LogP contribution in [0.1, 0.15) is 85.6 Å². The molecule has 16 nitrogen and oxygen atoms in total. The number of hydrogen-bond acceptors (Lipinski definition) is 12. The SMILES string of the molecule is Cc1cnc(C)n2nc(CCc3nc(N4CCC[C@@H]4C)nn3C)nc12.Cc1cnc(C)n2nc(CCc3nc(N4CCC[C@H]4C)nn3C)nc12. The van der Waals surface area contributed by atoms with Gasteiger partial charge in [0.1, 0.15) is 23.3 Å². The minimum Gasteiger partial charge on any atom is -0.337 e. The van der Waals surface area contributed by atoms with Gasteiger partial charge in [-0.25, -0.2) is 19.9 Å². The number of fused-ring (bicyclic) bond motifs is 2. The van der Waals surface area contributed by atoms with Gasteiger partial charge in [0.2, 0.25) is 11.9 Å². The molecule has 264 valence electrons. The van der Waals surface area contributed by atoms with E-state index in [2.05, 4.69) is 64.0 Å². The summed E-state index contributed by atoms with van der Waals surface area (Å²) in [6, 6.07) is 1.04. The van der Waals surface area contributed by atoms with Crippen LogP contribution in [0.3, 0.4) is 0 Å². The number of rotatable bonds is 8. The van der Waals surface area contributed by atoms with Gasteiger partial charge < -0.3 is 9.80 Å². The Hall–Kier alpha value is -5.02. The van der Waals surface area contributed by atoms with Crippen LogP contribution >= 0.6 is 0 Å². The first-order chi connectivity index (χ1) is 24.0. The summed E-state index contributed by atoms with van der Waals surface area (Å²) in [5.74, 6) is 6.98. The highest BCUT2D eigenvalue weighted by Gasteiger charge is 2.26. The van der Waals surface area contributed by atoms with Crippen molar-refractivity contribution >= 4 is 23.2 Å². The molecule has 0 amide bonds. The van der Waals surface area contributed by atoms with Crippen molar-refractivity contribution in [1.82, 2.24) is 68.7 Å². The van der Waals surface area contributed by atoms with Crippen molar-refractivity contribution < 1.29 is 0 Å². The lowest BCUT2D eigenvalue weighted by Gasteiger charge is -2.18. The largest absolute Gasteiger partial charge is 0.337 e. The zero-order chi connectivity index (χ0) is 35.1. The van der Waals surface area contributed by atoms with Crippen molar-refractivity contribution in [2.24, 2.45) is 14.1 Å². The third kappa shape index (κ3) is 6.62. The molecule has 6 aromatic rings. The lowest BCUT2D eigenvalue weighted by molar-refractivity contribution is 0.673. The van der Waals surface area contributed by atoms with Gasteiger partial charge >= 0.3 is 0 Å². The van der Waals surface area contributed by atoms with Crippen LogP contribution in [-0.2, 0) is 39.8 Å². The van der Waals surface area contributed by atoms with Crippen LogP contribution in [0.2, 0.25) is 0 Å². The summed E-state index contributed by atoms with van der Waals surface area (Å²) >= 11 is 0. The Morgan fingerprint density at radius 3 is 1.36 bits per heavy atom. The number of aromatic nitrogens is 14. The first kappa shape index (κ1) is 33.5. The van der Waals surface area contributed by atoms with Crippen molar-refractivity contribution in [3.05, 3.63) is 58.5 Å². The summed E-state index contributed by atoms with van der Waals surface area (Å²) in [4.78, 5) is 32.1. The molecule has 0 aromatic carbocycles. The molecule has 2 atom stereocenters. The second kappa shape index (κ2) is 13.7. The van der Waals surface area contributed by atoms with Gasteiger partial charge in [-0.05, 0) is 67.2 Å². The fourth-order valence-corrected chi connectivity index (χ4v) is 6.88. The van der Waals surface area contributed by atoms with E-state index in [-0.39, 0.29) is 0 Å². The molecule has 2 fully saturated rings. The normalized spacial score (nSPS) is 17.8. The first-order valence-corrected chi connectivity index (χ1v) is 17.7. The van der Waals surface area contributed by atoms with E-state index in [9.17, 15) is 0 Å². The van der Waals surface area contributed by atoms with E-state index in [0.29, 0.717) is 12.1 Å². The van der Waals surface area contributed by atoms with Crippen molar-refractivity contribution in [3.8, 4) is 0 Å². The zero-order valence-electron chi connectivity index (χ0n) is 30.5. The maximum Gasteiger partial charge on any atom is 0.245 e. The van der Waals surface area contributed by atoms with Gasteiger partial charge in [0.15, 0.2) is 22.9 Å². The molecule has 0 aliphatic carbocycles. The fourth-order valence-electron chi connectivity index (χ4n) is 6.88. The monoisotopic (exact) mass is 680 g/mol. The van der Waals surface area contributed by atoms with Gasteiger partial charge in [-0.3, -0.25) is 9.36 Å². The maximum atomic E-state index is 4.75. The summed E-state index contributed by atoms with van der Waals surface area (Å²) in [6.45, 7) is 14.5. The predicted molar refractivity (Wildman–Crippen MR) is 189 cm³/mol. The molecule has 16 heteroatoms. The first-order valence-electron chi connectivity index (χ1n) is 17.7. The topological polar surface area (TPSA) is 154 Å². The zero-order valence-corrected chi connectivity index (χ0v) is 30.5. The van der Waals surface area contributed by atoms with Crippen LogP contribution in [0.15, 0.2) is 12.4 Å². The molecule has 2 aliphatic heterocycles.